The second-order valence-corrected chi connectivity index (χ2v) is 16.5. The molecule has 13 rings (SSSR count). The van der Waals surface area contributed by atoms with Crippen LogP contribution in [0.4, 0.5) is 0 Å². The third-order valence-electron chi connectivity index (χ3n) is 13.2. The van der Waals surface area contributed by atoms with Gasteiger partial charge in [0.2, 0.25) is 0 Å². The summed E-state index contributed by atoms with van der Waals surface area (Å²) >= 11 is 0. The van der Waals surface area contributed by atoms with E-state index in [0.29, 0.717) is 0 Å². The van der Waals surface area contributed by atoms with Gasteiger partial charge in [-0.1, -0.05) is 135 Å². The molecule has 0 radical (unpaired) electrons. The van der Waals surface area contributed by atoms with Crippen LogP contribution in [-0.2, 0) is 5.41 Å². The van der Waals surface area contributed by atoms with Crippen molar-refractivity contribution in [2.24, 2.45) is 0 Å². The molecule has 266 valence electrons. The highest BCUT2D eigenvalue weighted by Gasteiger charge is 2.35. The molecule has 0 spiro atoms. The predicted molar refractivity (Wildman–Crippen MR) is 240 cm³/mol. The molecule has 0 atom stereocenters. The molecule has 2 heterocycles. The van der Waals surface area contributed by atoms with Gasteiger partial charge in [0.15, 0.2) is 0 Å². The van der Waals surface area contributed by atoms with Gasteiger partial charge in [0.25, 0.3) is 0 Å². The summed E-state index contributed by atoms with van der Waals surface area (Å²) in [5.41, 5.74) is 20.4. The van der Waals surface area contributed by atoms with Crippen LogP contribution in [0.5, 0.6) is 0 Å². The second-order valence-electron chi connectivity index (χ2n) is 16.5. The molecule has 2 heteroatoms. The first kappa shape index (κ1) is 31.1. The van der Waals surface area contributed by atoms with Crippen molar-refractivity contribution >= 4 is 54.4 Å². The number of aromatic nitrogens is 2. The summed E-state index contributed by atoms with van der Waals surface area (Å²) in [5.74, 6) is 0. The van der Waals surface area contributed by atoms with Crippen molar-refractivity contribution in [3.05, 3.63) is 193 Å². The van der Waals surface area contributed by atoms with E-state index in [2.05, 4.69) is 205 Å². The summed E-state index contributed by atoms with van der Waals surface area (Å²) in [6, 6.07) is 68.0. The number of fused-ring (bicyclic) bond motifs is 13. The van der Waals surface area contributed by atoms with Crippen molar-refractivity contribution < 1.29 is 0 Å². The van der Waals surface area contributed by atoms with Gasteiger partial charge >= 0.3 is 0 Å². The standard InChI is InChI=1S/C55H36N2/c1-55(2)47-21-10-8-17-39(47)40-26-25-36(31-48(40)55)57-49-22-11-9-18-41(49)44-29-33(23-27-50(44)57)34-24-28-51-46(30-34)54-43-20-12-19-42-37-15-6-7-16-38(37)45(53(42)43)32-52(54)56(51)35-13-4-3-5-14-35/h3-32H,1-2H3. The minimum absolute atomic E-state index is 0.0632. The average molecular weight is 725 g/mol. The van der Waals surface area contributed by atoms with Crippen LogP contribution in [0.2, 0.25) is 0 Å². The van der Waals surface area contributed by atoms with Gasteiger partial charge < -0.3 is 9.13 Å². The van der Waals surface area contributed by atoms with E-state index in [1.807, 2.05) is 0 Å². The summed E-state index contributed by atoms with van der Waals surface area (Å²) in [6.45, 7) is 4.72. The Balaban J connectivity index is 1.03. The van der Waals surface area contributed by atoms with Crippen molar-refractivity contribution in [2.45, 2.75) is 19.3 Å². The molecular weight excluding hydrogens is 689 g/mol. The summed E-state index contributed by atoms with van der Waals surface area (Å²) < 4.78 is 4.93. The van der Waals surface area contributed by atoms with Gasteiger partial charge in [0, 0.05) is 38.3 Å². The van der Waals surface area contributed by atoms with Crippen LogP contribution < -0.4 is 0 Å². The molecule has 0 unspecified atom stereocenters. The van der Waals surface area contributed by atoms with E-state index in [0.717, 1.165) is 0 Å². The van der Waals surface area contributed by atoms with Crippen molar-refractivity contribution in [3.63, 3.8) is 0 Å². The highest BCUT2D eigenvalue weighted by Crippen LogP contribution is 2.52. The van der Waals surface area contributed by atoms with Crippen LogP contribution in [-0.4, -0.2) is 9.13 Å². The molecule has 2 aliphatic carbocycles. The summed E-state index contributed by atoms with van der Waals surface area (Å²) in [4.78, 5) is 0. The number of hydrogen-bond acceptors (Lipinski definition) is 0. The van der Waals surface area contributed by atoms with Crippen LogP contribution in [0.15, 0.2) is 182 Å². The molecule has 11 aromatic rings. The molecular formula is C55H36N2. The number of hydrogen-bond donors (Lipinski definition) is 0. The summed E-state index contributed by atoms with van der Waals surface area (Å²) in [6.07, 6.45) is 0. The van der Waals surface area contributed by atoms with E-state index in [1.54, 1.807) is 0 Å². The minimum Gasteiger partial charge on any atom is -0.309 e. The van der Waals surface area contributed by atoms with Gasteiger partial charge in [-0.05, 0) is 127 Å². The fourth-order valence-corrected chi connectivity index (χ4v) is 10.7. The Labute approximate surface area is 330 Å². The predicted octanol–water partition coefficient (Wildman–Crippen LogP) is 14.7. The van der Waals surface area contributed by atoms with Crippen molar-refractivity contribution in [3.8, 4) is 55.9 Å². The van der Waals surface area contributed by atoms with Crippen molar-refractivity contribution in [2.75, 3.05) is 0 Å². The molecule has 2 aliphatic rings. The van der Waals surface area contributed by atoms with E-state index in [1.165, 1.54) is 121 Å². The highest BCUT2D eigenvalue weighted by molar-refractivity contribution is 6.29. The minimum atomic E-state index is -0.0632. The lowest BCUT2D eigenvalue weighted by atomic mass is 9.82. The van der Waals surface area contributed by atoms with Crippen molar-refractivity contribution in [1.82, 2.24) is 9.13 Å². The van der Waals surface area contributed by atoms with E-state index in [9.17, 15) is 0 Å². The smallest absolute Gasteiger partial charge is 0.0553 e. The number of para-hydroxylation sites is 2. The van der Waals surface area contributed by atoms with Gasteiger partial charge in [-0.2, -0.15) is 0 Å². The lowest BCUT2D eigenvalue weighted by Crippen LogP contribution is -2.15. The fourth-order valence-electron chi connectivity index (χ4n) is 10.7. The molecule has 0 bridgehead atoms. The van der Waals surface area contributed by atoms with Crippen LogP contribution >= 0.6 is 0 Å². The lowest BCUT2D eigenvalue weighted by Gasteiger charge is -2.22. The average Bonchev–Trinajstić information content (AvgIpc) is 3.95. The topological polar surface area (TPSA) is 9.86 Å². The Kier molecular flexibility index (Phi) is 6.00. The second kappa shape index (κ2) is 11.0. The lowest BCUT2D eigenvalue weighted by molar-refractivity contribution is 0.660. The third kappa shape index (κ3) is 4.04. The molecule has 0 amide bonds. The maximum Gasteiger partial charge on any atom is 0.0553 e. The molecule has 57 heavy (non-hydrogen) atoms. The maximum atomic E-state index is 2.46. The fraction of sp³-hybridized carbons (Fsp3) is 0.0545. The molecule has 0 N–H and O–H groups in total. The van der Waals surface area contributed by atoms with E-state index >= 15 is 0 Å². The van der Waals surface area contributed by atoms with Gasteiger partial charge in [0.05, 0.1) is 22.1 Å². The Morgan fingerprint density at radius 2 is 0.912 bits per heavy atom. The largest absolute Gasteiger partial charge is 0.309 e. The van der Waals surface area contributed by atoms with Crippen LogP contribution in [0, 0.1) is 0 Å². The molecule has 0 saturated heterocycles. The first-order chi connectivity index (χ1) is 28.0. The SMILES string of the molecule is CC1(C)c2ccccc2-c2ccc(-n3c4ccccc4c4cc(-c5ccc6c(c5)c5c7cccc8c7c(cc5n6-c5ccccc5)-c5ccccc5-8)ccc43)cc21. The molecule has 0 aliphatic heterocycles. The van der Waals surface area contributed by atoms with Crippen LogP contribution in [0.1, 0.15) is 25.0 Å². The molecule has 2 aromatic heterocycles. The van der Waals surface area contributed by atoms with Crippen LogP contribution in [0.25, 0.3) is 110 Å². The molecule has 9 aromatic carbocycles. The van der Waals surface area contributed by atoms with Gasteiger partial charge in [-0.15, -0.1) is 0 Å². The Morgan fingerprint density at radius 3 is 1.74 bits per heavy atom. The van der Waals surface area contributed by atoms with Gasteiger partial charge in [0.1, 0.15) is 0 Å². The Bertz CT molecular complexity index is 3540. The van der Waals surface area contributed by atoms with E-state index < -0.39 is 0 Å². The Hall–Kier alpha value is -7.16. The molecule has 0 saturated carbocycles. The quantitative estimate of drug-likeness (QED) is 0.172. The highest BCUT2D eigenvalue weighted by atomic mass is 15.0. The van der Waals surface area contributed by atoms with Gasteiger partial charge in [-0.25, -0.2) is 0 Å². The number of benzene rings is 9. The summed E-state index contributed by atoms with van der Waals surface area (Å²) in [7, 11) is 0. The van der Waals surface area contributed by atoms with E-state index in [-0.39, 0.29) is 5.41 Å². The normalized spacial score (nSPS) is 13.6. The zero-order valence-electron chi connectivity index (χ0n) is 31.7. The van der Waals surface area contributed by atoms with E-state index in [4.69, 9.17) is 0 Å². The monoisotopic (exact) mass is 724 g/mol. The maximum absolute atomic E-state index is 2.46. The van der Waals surface area contributed by atoms with Crippen LogP contribution in [0.3, 0.4) is 0 Å². The third-order valence-corrected chi connectivity index (χ3v) is 13.2. The summed E-state index contributed by atoms with van der Waals surface area (Å²) in [5, 5.41) is 7.78. The first-order valence-electron chi connectivity index (χ1n) is 20.0. The zero-order valence-corrected chi connectivity index (χ0v) is 31.7. The first-order valence-corrected chi connectivity index (χ1v) is 20.0. The molecule has 0 fully saturated rings. The molecule has 2 nitrogen and oxygen atoms in total. The number of rotatable bonds is 3. The van der Waals surface area contributed by atoms with Gasteiger partial charge in [-0.3, -0.25) is 0 Å². The van der Waals surface area contributed by atoms with Crippen molar-refractivity contribution in [1.29, 1.82) is 0 Å². The number of nitrogens with zero attached hydrogens (tertiary/aromatic N) is 2. The Morgan fingerprint density at radius 1 is 0.316 bits per heavy atom. The zero-order chi connectivity index (χ0) is 37.6.